The van der Waals surface area contributed by atoms with E-state index >= 15 is 0 Å². The lowest BCUT2D eigenvalue weighted by atomic mass is 9.79. The molecule has 0 spiro atoms. The first-order chi connectivity index (χ1) is 8.62. The maximum absolute atomic E-state index is 6.37. The highest BCUT2D eigenvalue weighted by atomic mass is 35.5. The summed E-state index contributed by atoms with van der Waals surface area (Å²) in [6.45, 7) is 8.50. The van der Waals surface area contributed by atoms with E-state index in [9.17, 15) is 0 Å². The van der Waals surface area contributed by atoms with Crippen LogP contribution in [0.15, 0.2) is 6.20 Å². The van der Waals surface area contributed by atoms with Gasteiger partial charge in [-0.05, 0) is 31.7 Å². The van der Waals surface area contributed by atoms with Crippen molar-refractivity contribution >= 4 is 11.6 Å². The van der Waals surface area contributed by atoms with Crippen LogP contribution in [0.5, 0.6) is 0 Å². The molecule has 1 fully saturated rings. The van der Waals surface area contributed by atoms with E-state index in [1.165, 1.54) is 31.4 Å². The number of nitrogens with zero attached hydrogens (tertiary/aromatic N) is 2. The number of hydrogen-bond acceptors (Lipinski definition) is 2. The molecule has 4 heteroatoms. The molecule has 1 aliphatic rings. The zero-order valence-corrected chi connectivity index (χ0v) is 12.4. The van der Waals surface area contributed by atoms with Crippen LogP contribution in [0.2, 0.25) is 5.02 Å². The van der Waals surface area contributed by atoms with Gasteiger partial charge in [-0.1, -0.05) is 38.3 Å². The van der Waals surface area contributed by atoms with Crippen LogP contribution in [-0.4, -0.2) is 16.3 Å². The number of aromatic nitrogens is 2. The normalized spacial score (nSPS) is 20.2. The van der Waals surface area contributed by atoms with Crippen molar-refractivity contribution < 1.29 is 0 Å². The molecule has 0 saturated heterocycles. The SMILES string of the molecule is CCNC(c1c(Cl)cnn1CC)C1(C)CCCC1. The fraction of sp³-hybridized carbons (Fsp3) is 0.786. The van der Waals surface area contributed by atoms with Crippen molar-refractivity contribution in [3.05, 3.63) is 16.9 Å². The Bertz CT molecular complexity index is 394. The molecule has 1 aromatic rings. The summed E-state index contributed by atoms with van der Waals surface area (Å²) in [5.41, 5.74) is 1.48. The quantitative estimate of drug-likeness (QED) is 0.881. The molecule has 102 valence electrons. The highest BCUT2D eigenvalue weighted by Crippen LogP contribution is 2.48. The minimum atomic E-state index is 0.312. The summed E-state index contributed by atoms with van der Waals surface area (Å²) in [5.74, 6) is 0. The van der Waals surface area contributed by atoms with E-state index in [4.69, 9.17) is 11.6 Å². The third-order valence-electron chi connectivity index (χ3n) is 4.26. The molecule has 1 aliphatic carbocycles. The van der Waals surface area contributed by atoms with Gasteiger partial charge >= 0.3 is 0 Å². The number of halogens is 1. The molecule has 0 aromatic carbocycles. The Morgan fingerprint density at radius 3 is 2.67 bits per heavy atom. The Kier molecular flexibility index (Phi) is 4.33. The van der Waals surface area contributed by atoms with Crippen LogP contribution < -0.4 is 5.32 Å². The molecular formula is C14H24ClN3. The predicted molar refractivity (Wildman–Crippen MR) is 75.9 cm³/mol. The molecule has 1 aromatic heterocycles. The third-order valence-corrected chi connectivity index (χ3v) is 4.55. The first-order valence-electron chi connectivity index (χ1n) is 7.07. The molecule has 2 rings (SSSR count). The maximum atomic E-state index is 6.37. The molecule has 0 amide bonds. The predicted octanol–water partition coefficient (Wildman–Crippen LogP) is 3.79. The number of hydrogen-bond donors (Lipinski definition) is 1. The molecule has 1 atom stereocenters. The first kappa shape index (κ1) is 13.9. The van der Waals surface area contributed by atoms with E-state index in [1.807, 2.05) is 4.68 Å². The zero-order chi connectivity index (χ0) is 13.2. The number of aryl methyl sites for hydroxylation is 1. The fourth-order valence-corrected chi connectivity index (χ4v) is 3.51. The van der Waals surface area contributed by atoms with Gasteiger partial charge in [0, 0.05) is 6.54 Å². The van der Waals surface area contributed by atoms with Gasteiger partial charge in [0.05, 0.1) is 23.0 Å². The van der Waals surface area contributed by atoms with E-state index < -0.39 is 0 Å². The Labute approximate surface area is 115 Å². The Hall–Kier alpha value is -0.540. The highest BCUT2D eigenvalue weighted by molar-refractivity contribution is 6.31. The van der Waals surface area contributed by atoms with Crippen molar-refractivity contribution in [2.75, 3.05) is 6.54 Å². The topological polar surface area (TPSA) is 29.9 Å². The van der Waals surface area contributed by atoms with Crippen LogP contribution in [0.1, 0.15) is 58.2 Å². The lowest BCUT2D eigenvalue weighted by molar-refractivity contribution is 0.215. The summed E-state index contributed by atoms with van der Waals surface area (Å²) in [6.07, 6.45) is 6.99. The molecular weight excluding hydrogens is 246 g/mol. The molecule has 18 heavy (non-hydrogen) atoms. The van der Waals surface area contributed by atoms with Crippen molar-refractivity contribution in [2.24, 2.45) is 5.41 Å². The molecule has 1 unspecified atom stereocenters. The summed E-state index contributed by atoms with van der Waals surface area (Å²) in [7, 11) is 0. The maximum Gasteiger partial charge on any atom is 0.0834 e. The Morgan fingerprint density at radius 1 is 1.44 bits per heavy atom. The van der Waals surface area contributed by atoms with E-state index in [0.29, 0.717) is 11.5 Å². The summed E-state index contributed by atoms with van der Waals surface area (Å²) >= 11 is 6.37. The van der Waals surface area contributed by atoms with Gasteiger partial charge < -0.3 is 5.32 Å². The standard InChI is InChI=1S/C14H24ClN3/c1-4-16-13(14(3)8-6-7-9-14)12-11(15)10-17-18(12)5-2/h10,13,16H,4-9H2,1-3H3. The third kappa shape index (κ3) is 2.43. The molecule has 1 heterocycles. The van der Waals surface area contributed by atoms with Crippen molar-refractivity contribution in [3.63, 3.8) is 0 Å². The summed E-state index contributed by atoms with van der Waals surface area (Å²) < 4.78 is 2.04. The molecule has 0 bridgehead atoms. The highest BCUT2D eigenvalue weighted by Gasteiger charge is 2.39. The second kappa shape index (κ2) is 5.62. The van der Waals surface area contributed by atoms with E-state index in [1.54, 1.807) is 6.20 Å². The largest absolute Gasteiger partial charge is 0.308 e. The fourth-order valence-electron chi connectivity index (χ4n) is 3.26. The lowest BCUT2D eigenvalue weighted by Crippen LogP contribution is -2.36. The monoisotopic (exact) mass is 269 g/mol. The summed E-state index contributed by atoms with van der Waals surface area (Å²) in [4.78, 5) is 0. The van der Waals surface area contributed by atoms with Crippen LogP contribution in [0, 0.1) is 5.41 Å². The van der Waals surface area contributed by atoms with Crippen molar-refractivity contribution in [3.8, 4) is 0 Å². The Morgan fingerprint density at radius 2 is 2.11 bits per heavy atom. The summed E-state index contributed by atoms with van der Waals surface area (Å²) in [6, 6.07) is 0.319. The second-order valence-electron chi connectivity index (χ2n) is 5.55. The molecule has 0 aliphatic heterocycles. The minimum absolute atomic E-state index is 0.312. The Balaban J connectivity index is 2.37. The van der Waals surface area contributed by atoms with Gasteiger partial charge in [0.1, 0.15) is 0 Å². The van der Waals surface area contributed by atoms with E-state index in [2.05, 4.69) is 31.2 Å². The van der Waals surface area contributed by atoms with Crippen LogP contribution in [0.25, 0.3) is 0 Å². The zero-order valence-electron chi connectivity index (χ0n) is 11.7. The van der Waals surface area contributed by atoms with Gasteiger partial charge in [-0.3, -0.25) is 4.68 Å². The van der Waals surface area contributed by atoms with Crippen molar-refractivity contribution in [1.29, 1.82) is 0 Å². The molecule has 3 nitrogen and oxygen atoms in total. The van der Waals surface area contributed by atoms with Gasteiger partial charge in [-0.15, -0.1) is 0 Å². The van der Waals surface area contributed by atoms with E-state index in [0.717, 1.165) is 18.1 Å². The van der Waals surface area contributed by atoms with Crippen LogP contribution >= 0.6 is 11.6 Å². The van der Waals surface area contributed by atoms with Gasteiger partial charge in [0.25, 0.3) is 0 Å². The first-order valence-corrected chi connectivity index (χ1v) is 7.44. The average Bonchev–Trinajstić information content (AvgIpc) is 2.94. The molecule has 1 N–H and O–H groups in total. The number of nitrogens with one attached hydrogen (secondary N) is 1. The second-order valence-corrected chi connectivity index (χ2v) is 5.95. The molecule has 1 saturated carbocycles. The van der Waals surface area contributed by atoms with Gasteiger partial charge in [-0.2, -0.15) is 5.10 Å². The van der Waals surface area contributed by atoms with Crippen LogP contribution in [0.3, 0.4) is 0 Å². The van der Waals surface area contributed by atoms with Gasteiger partial charge in [0.2, 0.25) is 0 Å². The number of rotatable bonds is 5. The van der Waals surface area contributed by atoms with Crippen molar-refractivity contribution in [2.45, 2.75) is 59.0 Å². The van der Waals surface area contributed by atoms with Gasteiger partial charge in [-0.25, -0.2) is 0 Å². The van der Waals surface area contributed by atoms with Crippen LogP contribution in [-0.2, 0) is 6.54 Å². The van der Waals surface area contributed by atoms with E-state index in [-0.39, 0.29) is 0 Å². The summed E-state index contributed by atoms with van der Waals surface area (Å²) in [5, 5.41) is 8.82. The van der Waals surface area contributed by atoms with Gasteiger partial charge in [0.15, 0.2) is 0 Å². The smallest absolute Gasteiger partial charge is 0.0834 e. The average molecular weight is 270 g/mol. The van der Waals surface area contributed by atoms with Crippen molar-refractivity contribution in [1.82, 2.24) is 15.1 Å². The lowest BCUT2D eigenvalue weighted by Gasteiger charge is -2.35. The molecule has 0 radical (unpaired) electrons. The van der Waals surface area contributed by atoms with Crippen LogP contribution in [0.4, 0.5) is 0 Å². The minimum Gasteiger partial charge on any atom is -0.308 e.